The van der Waals surface area contributed by atoms with E-state index in [1.54, 1.807) is 0 Å². The van der Waals surface area contributed by atoms with E-state index < -0.39 is 0 Å². The van der Waals surface area contributed by atoms with E-state index in [9.17, 15) is 4.79 Å². The fraction of sp³-hybridized carbons (Fsp3) is 0.364. The summed E-state index contributed by atoms with van der Waals surface area (Å²) in [5, 5.41) is 16.4. The summed E-state index contributed by atoms with van der Waals surface area (Å²) >= 11 is 0. The summed E-state index contributed by atoms with van der Waals surface area (Å²) < 4.78 is 0. The first kappa shape index (κ1) is 17.4. The third kappa shape index (κ3) is 2.72. The van der Waals surface area contributed by atoms with Crippen LogP contribution < -0.4 is 16.2 Å². The first-order valence-electron chi connectivity index (χ1n) is 10.1. The standard InChI is InChI=1S/C22H25N5O/c1-2-12-27-13-11-23-21(27)18-19(14-7-4-3-5-8-14)24-16-10-6-9-15-17(16)20(18)25-26-22(15)28/h3-10,18-19,21,23-24H,2,11-13H2,1H3,(H,26,28). The van der Waals surface area contributed by atoms with Crippen LogP contribution in [0.4, 0.5) is 5.69 Å². The first-order chi connectivity index (χ1) is 13.8. The van der Waals surface area contributed by atoms with Gasteiger partial charge in [0.2, 0.25) is 0 Å². The normalized spacial score (nSPS) is 24.4. The average molecular weight is 375 g/mol. The molecule has 0 spiro atoms. The van der Waals surface area contributed by atoms with E-state index in [0.29, 0.717) is 5.39 Å². The summed E-state index contributed by atoms with van der Waals surface area (Å²) in [6.45, 7) is 5.26. The predicted molar refractivity (Wildman–Crippen MR) is 112 cm³/mol. The quantitative estimate of drug-likeness (QED) is 0.654. The molecule has 3 atom stereocenters. The summed E-state index contributed by atoms with van der Waals surface area (Å²) in [7, 11) is 0. The minimum Gasteiger partial charge on any atom is -0.377 e. The number of nitrogens with zero attached hydrogens (tertiary/aromatic N) is 2. The Balaban J connectivity index is 1.71. The maximum Gasteiger partial charge on any atom is 0.272 e. The molecule has 6 heteroatoms. The monoisotopic (exact) mass is 375 g/mol. The fourth-order valence-electron chi connectivity index (χ4n) is 4.82. The van der Waals surface area contributed by atoms with Crippen LogP contribution in [0, 0.1) is 0 Å². The Morgan fingerprint density at radius 1 is 1.14 bits per heavy atom. The number of benzene rings is 2. The van der Waals surface area contributed by atoms with Crippen LogP contribution in [-0.2, 0) is 0 Å². The molecule has 3 heterocycles. The highest BCUT2D eigenvalue weighted by Crippen LogP contribution is 2.45. The molecule has 2 aliphatic heterocycles. The zero-order chi connectivity index (χ0) is 19.1. The molecule has 0 saturated carbocycles. The Kier molecular flexibility index (Phi) is 4.37. The van der Waals surface area contributed by atoms with Gasteiger partial charge in [0.25, 0.3) is 5.56 Å². The van der Waals surface area contributed by atoms with Crippen molar-refractivity contribution in [1.82, 2.24) is 20.4 Å². The molecule has 2 aromatic carbocycles. The van der Waals surface area contributed by atoms with Crippen LogP contribution in [0.2, 0.25) is 0 Å². The van der Waals surface area contributed by atoms with E-state index in [0.717, 1.165) is 42.8 Å². The minimum atomic E-state index is -0.135. The molecule has 1 aromatic heterocycles. The lowest BCUT2D eigenvalue weighted by Gasteiger charge is -2.40. The molecule has 5 rings (SSSR count). The number of rotatable bonds is 4. The van der Waals surface area contributed by atoms with Crippen LogP contribution in [-0.4, -0.2) is 40.9 Å². The number of hydrogen-bond acceptors (Lipinski definition) is 5. The molecule has 1 saturated heterocycles. The van der Waals surface area contributed by atoms with Crippen molar-refractivity contribution < 1.29 is 0 Å². The summed E-state index contributed by atoms with van der Waals surface area (Å²) in [5.74, 6) is 0.0886. The van der Waals surface area contributed by atoms with Crippen LogP contribution in [0.1, 0.15) is 36.6 Å². The van der Waals surface area contributed by atoms with Crippen molar-refractivity contribution in [3.05, 3.63) is 70.1 Å². The number of anilines is 1. The average Bonchev–Trinajstić information content (AvgIpc) is 3.19. The molecule has 3 N–H and O–H groups in total. The molecular weight excluding hydrogens is 350 g/mol. The van der Waals surface area contributed by atoms with E-state index in [-0.39, 0.29) is 23.7 Å². The van der Waals surface area contributed by atoms with Gasteiger partial charge in [0.1, 0.15) is 0 Å². The van der Waals surface area contributed by atoms with Crippen molar-refractivity contribution in [2.24, 2.45) is 0 Å². The lowest BCUT2D eigenvalue weighted by molar-refractivity contribution is 0.196. The number of hydrogen-bond donors (Lipinski definition) is 3. The van der Waals surface area contributed by atoms with Crippen LogP contribution >= 0.6 is 0 Å². The number of aromatic nitrogens is 2. The molecule has 144 valence electrons. The van der Waals surface area contributed by atoms with E-state index in [2.05, 4.69) is 56.9 Å². The Morgan fingerprint density at radius 2 is 2.00 bits per heavy atom. The highest BCUT2D eigenvalue weighted by molar-refractivity contribution is 5.97. The van der Waals surface area contributed by atoms with Crippen molar-refractivity contribution in [2.75, 3.05) is 25.0 Å². The highest BCUT2D eigenvalue weighted by atomic mass is 16.1. The van der Waals surface area contributed by atoms with Crippen LogP contribution in [0.25, 0.3) is 10.8 Å². The van der Waals surface area contributed by atoms with Gasteiger partial charge >= 0.3 is 0 Å². The number of H-pyrrole nitrogens is 1. The lowest BCUT2D eigenvalue weighted by Crippen LogP contribution is -2.46. The summed E-state index contributed by atoms with van der Waals surface area (Å²) in [4.78, 5) is 14.9. The van der Waals surface area contributed by atoms with Crippen molar-refractivity contribution in [1.29, 1.82) is 0 Å². The zero-order valence-electron chi connectivity index (χ0n) is 16.0. The molecule has 0 amide bonds. The second-order valence-electron chi connectivity index (χ2n) is 7.66. The van der Waals surface area contributed by atoms with E-state index in [1.807, 2.05) is 24.3 Å². The third-order valence-electron chi connectivity index (χ3n) is 5.98. The van der Waals surface area contributed by atoms with Crippen molar-refractivity contribution in [3.8, 4) is 0 Å². The molecule has 1 fully saturated rings. The molecule has 6 nitrogen and oxygen atoms in total. The molecule has 0 bridgehead atoms. The second kappa shape index (κ2) is 7.04. The summed E-state index contributed by atoms with van der Waals surface area (Å²) in [6, 6.07) is 16.5. The van der Waals surface area contributed by atoms with Crippen molar-refractivity contribution >= 4 is 16.5 Å². The van der Waals surface area contributed by atoms with Gasteiger partial charge in [-0.05, 0) is 30.7 Å². The predicted octanol–water partition coefficient (Wildman–Crippen LogP) is 2.81. The van der Waals surface area contributed by atoms with Gasteiger partial charge in [-0.25, -0.2) is 5.10 Å². The van der Waals surface area contributed by atoms with E-state index in [1.165, 1.54) is 5.56 Å². The van der Waals surface area contributed by atoms with Gasteiger partial charge in [0, 0.05) is 24.2 Å². The van der Waals surface area contributed by atoms with Crippen molar-refractivity contribution in [2.45, 2.75) is 31.5 Å². The summed E-state index contributed by atoms with van der Waals surface area (Å²) in [6.07, 6.45) is 1.28. The Hall–Kier alpha value is -2.70. The van der Waals surface area contributed by atoms with Gasteiger partial charge in [-0.2, -0.15) is 5.10 Å². The second-order valence-corrected chi connectivity index (χ2v) is 7.66. The molecule has 3 unspecified atom stereocenters. The van der Waals surface area contributed by atoms with E-state index >= 15 is 0 Å². The van der Waals surface area contributed by atoms with Crippen LogP contribution in [0.5, 0.6) is 0 Å². The third-order valence-corrected chi connectivity index (χ3v) is 5.98. The smallest absolute Gasteiger partial charge is 0.272 e. The number of aromatic amines is 1. The zero-order valence-corrected chi connectivity index (χ0v) is 16.0. The maximum absolute atomic E-state index is 12.4. The van der Waals surface area contributed by atoms with E-state index in [4.69, 9.17) is 0 Å². The molecular formula is C22H25N5O. The van der Waals surface area contributed by atoms with Gasteiger partial charge < -0.3 is 5.32 Å². The van der Waals surface area contributed by atoms with Crippen LogP contribution in [0.15, 0.2) is 53.3 Å². The van der Waals surface area contributed by atoms with Crippen molar-refractivity contribution in [3.63, 3.8) is 0 Å². The first-order valence-corrected chi connectivity index (χ1v) is 10.1. The van der Waals surface area contributed by atoms with Gasteiger partial charge in [0.05, 0.1) is 29.2 Å². The molecule has 28 heavy (non-hydrogen) atoms. The van der Waals surface area contributed by atoms with Gasteiger partial charge in [0.15, 0.2) is 0 Å². The maximum atomic E-state index is 12.4. The largest absolute Gasteiger partial charge is 0.377 e. The molecule has 2 aliphatic rings. The molecule has 3 aromatic rings. The Morgan fingerprint density at radius 3 is 2.82 bits per heavy atom. The van der Waals surface area contributed by atoms with Gasteiger partial charge in [-0.3, -0.25) is 15.0 Å². The number of nitrogens with one attached hydrogen (secondary N) is 3. The Bertz CT molecular complexity index is 1050. The topological polar surface area (TPSA) is 73.0 Å². The SMILES string of the molecule is CCCN1CCNC1C1c2n[nH]c(=O)c3cccc(c23)NC1c1ccccc1. The fourth-order valence-corrected chi connectivity index (χ4v) is 4.82. The highest BCUT2D eigenvalue weighted by Gasteiger charge is 2.42. The lowest BCUT2D eigenvalue weighted by atomic mass is 9.82. The molecule has 0 radical (unpaired) electrons. The Labute approximate surface area is 164 Å². The molecule has 0 aliphatic carbocycles. The van der Waals surface area contributed by atoms with Gasteiger partial charge in [-0.1, -0.05) is 43.3 Å². The minimum absolute atomic E-state index is 0.0765. The summed E-state index contributed by atoms with van der Waals surface area (Å²) in [5.41, 5.74) is 3.05. The van der Waals surface area contributed by atoms with Crippen LogP contribution in [0.3, 0.4) is 0 Å². The van der Waals surface area contributed by atoms with Gasteiger partial charge in [-0.15, -0.1) is 0 Å².